The van der Waals surface area contributed by atoms with Crippen molar-refractivity contribution in [3.8, 4) is 0 Å². The highest BCUT2D eigenvalue weighted by molar-refractivity contribution is 7.91. The first kappa shape index (κ1) is 42.1. The third-order valence-corrected chi connectivity index (χ3v) is 11.6. The molecule has 2 saturated carbocycles. The number of amides is 6. The number of alkyl carbamates (subject to hydrolysis) is 1. The summed E-state index contributed by atoms with van der Waals surface area (Å²) in [5.74, 6) is -4.33. The van der Waals surface area contributed by atoms with Crippen LogP contribution in [0.3, 0.4) is 0 Å². The van der Waals surface area contributed by atoms with Crippen molar-refractivity contribution in [1.82, 2.24) is 35.4 Å². The SMILES string of the molecule is C=C[C@@H]1C[C@]1(NC(=O)[C@@H]1C[C@@H](OC(=O)N2Cc3cccc(F)c3C2)CN1C(=O)[C@H](CNC(=O)/C=C/CN(C)C)NC(=O)OC(C)(C)C)C(=O)NS(=O)(=O)C1CC1. The van der Waals surface area contributed by atoms with Gasteiger partial charge < -0.3 is 35.2 Å². The Kier molecular flexibility index (Phi) is 12.5. The molecule has 1 aromatic carbocycles. The topological polar surface area (TPSA) is 213 Å². The Morgan fingerprint density at radius 2 is 1.84 bits per heavy atom. The van der Waals surface area contributed by atoms with Crippen molar-refractivity contribution in [3.05, 3.63) is 60.0 Å². The van der Waals surface area contributed by atoms with E-state index < -0.39 is 98.7 Å². The minimum atomic E-state index is -3.98. The standard InChI is InChI=1S/C37H50FN7O10S/c1-7-23-17-37(23,33(49)42-56(52,53)25-13-14-25)41-31(47)29-16-24(54-35(51)44-19-22-10-8-11-27(38)26(22)21-44)20-45(29)32(48)28(40-34(50)55-36(2,3)4)18-39-30(46)12-9-15-43(5)6/h7-12,23-25,28-29H,1,13-21H2,2-6H3,(H,39,46)(H,40,50)(H,41,47)(H,42,49)/b12-9+/t23-,24-,28+,29+,37-/m1/s1. The monoisotopic (exact) mass is 803 g/mol. The van der Waals surface area contributed by atoms with Gasteiger partial charge in [0.2, 0.25) is 27.7 Å². The summed E-state index contributed by atoms with van der Waals surface area (Å²) in [4.78, 5) is 85.2. The van der Waals surface area contributed by atoms with Crippen molar-refractivity contribution in [3.63, 3.8) is 0 Å². The van der Waals surface area contributed by atoms with Crippen LogP contribution in [0.5, 0.6) is 0 Å². The van der Waals surface area contributed by atoms with E-state index in [0.29, 0.717) is 30.5 Å². The number of benzene rings is 1. The summed E-state index contributed by atoms with van der Waals surface area (Å²) in [5, 5.41) is 6.98. The summed E-state index contributed by atoms with van der Waals surface area (Å²) < 4.78 is 53.0. The second kappa shape index (κ2) is 16.6. The minimum Gasteiger partial charge on any atom is -0.444 e. The molecule has 19 heteroatoms. The van der Waals surface area contributed by atoms with Gasteiger partial charge in [-0.05, 0) is 65.8 Å². The molecule has 0 bridgehead atoms. The molecule has 56 heavy (non-hydrogen) atoms. The highest BCUT2D eigenvalue weighted by Gasteiger charge is 2.62. The van der Waals surface area contributed by atoms with E-state index >= 15 is 0 Å². The Balaban J connectivity index is 1.38. The summed E-state index contributed by atoms with van der Waals surface area (Å²) in [6, 6.07) is 1.62. The van der Waals surface area contributed by atoms with E-state index in [1.807, 2.05) is 19.0 Å². The maximum Gasteiger partial charge on any atom is 0.410 e. The quantitative estimate of drug-likeness (QED) is 0.154. The van der Waals surface area contributed by atoms with Crippen LogP contribution >= 0.6 is 0 Å². The Bertz CT molecular complexity index is 1900. The van der Waals surface area contributed by atoms with Gasteiger partial charge in [-0.3, -0.25) is 28.8 Å². The fourth-order valence-corrected chi connectivity index (χ4v) is 7.97. The minimum absolute atomic E-state index is 0.0373. The number of ether oxygens (including phenoxy) is 2. The van der Waals surface area contributed by atoms with Crippen LogP contribution in [-0.4, -0.2) is 127 Å². The normalized spacial score (nSPS) is 23.6. The average molecular weight is 804 g/mol. The fourth-order valence-electron chi connectivity index (χ4n) is 6.60. The highest BCUT2D eigenvalue weighted by Crippen LogP contribution is 2.45. The molecule has 17 nitrogen and oxygen atoms in total. The first-order valence-electron chi connectivity index (χ1n) is 18.3. The number of hydrogen-bond donors (Lipinski definition) is 4. The molecule has 1 aromatic rings. The van der Waals surface area contributed by atoms with Crippen LogP contribution in [0.2, 0.25) is 0 Å². The summed E-state index contributed by atoms with van der Waals surface area (Å²) in [6.07, 6.45) is 1.95. The van der Waals surface area contributed by atoms with Crippen LogP contribution in [-0.2, 0) is 51.8 Å². The molecule has 0 aromatic heterocycles. The van der Waals surface area contributed by atoms with Crippen molar-refractivity contribution in [2.75, 3.05) is 33.7 Å². The second-order valence-electron chi connectivity index (χ2n) is 15.8. The second-order valence-corrected chi connectivity index (χ2v) is 17.7. The predicted octanol–water partition coefficient (Wildman–Crippen LogP) is 1.04. The molecule has 0 radical (unpaired) electrons. The molecule has 4 aliphatic rings. The zero-order chi connectivity index (χ0) is 41.2. The van der Waals surface area contributed by atoms with Gasteiger partial charge in [0.25, 0.3) is 5.91 Å². The molecule has 2 aliphatic carbocycles. The Morgan fingerprint density at radius 3 is 2.45 bits per heavy atom. The van der Waals surface area contributed by atoms with E-state index in [1.54, 1.807) is 32.9 Å². The van der Waals surface area contributed by atoms with E-state index in [1.165, 1.54) is 29.2 Å². The van der Waals surface area contributed by atoms with Gasteiger partial charge >= 0.3 is 12.2 Å². The molecular weight excluding hydrogens is 754 g/mol. The lowest BCUT2D eigenvalue weighted by Crippen LogP contribution is -2.59. The number of rotatable bonds is 14. The molecular formula is C37H50FN7O10S. The van der Waals surface area contributed by atoms with E-state index in [-0.39, 0.29) is 32.5 Å². The predicted molar refractivity (Wildman–Crippen MR) is 199 cm³/mol. The number of likely N-dealkylation sites (tertiary alicyclic amines) is 1. The van der Waals surface area contributed by atoms with Gasteiger partial charge in [-0.15, -0.1) is 6.58 Å². The van der Waals surface area contributed by atoms with Crippen molar-refractivity contribution in [1.29, 1.82) is 0 Å². The van der Waals surface area contributed by atoms with E-state index in [0.717, 1.165) is 4.90 Å². The zero-order valence-corrected chi connectivity index (χ0v) is 32.9. The lowest BCUT2D eigenvalue weighted by Gasteiger charge is -2.30. The number of halogens is 1. The van der Waals surface area contributed by atoms with Gasteiger partial charge in [0.05, 0.1) is 18.3 Å². The highest BCUT2D eigenvalue weighted by atomic mass is 32.2. The van der Waals surface area contributed by atoms with Gasteiger partial charge in [-0.2, -0.15) is 0 Å². The Hall–Kier alpha value is -5.04. The third kappa shape index (κ3) is 10.2. The van der Waals surface area contributed by atoms with Crippen molar-refractivity contribution >= 4 is 45.8 Å². The van der Waals surface area contributed by atoms with Crippen LogP contribution in [0.1, 0.15) is 57.6 Å². The molecule has 2 aliphatic heterocycles. The first-order chi connectivity index (χ1) is 26.2. The van der Waals surface area contributed by atoms with Crippen LogP contribution < -0.4 is 20.7 Å². The van der Waals surface area contributed by atoms with E-state index in [2.05, 4.69) is 27.3 Å². The number of nitrogens with zero attached hydrogens (tertiary/aromatic N) is 3. The van der Waals surface area contributed by atoms with Crippen LogP contribution in [0.25, 0.3) is 0 Å². The summed E-state index contributed by atoms with van der Waals surface area (Å²) in [5.41, 5.74) is -1.70. The smallest absolute Gasteiger partial charge is 0.410 e. The molecule has 2 heterocycles. The summed E-state index contributed by atoms with van der Waals surface area (Å²) in [7, 11) is -0.363. The summed E-state index contributed by atoms with van der Waals surface area (Å²) in [6.45, 7) is 8.24. The van der Waals surface area contributed by atoms with E-state index in [9.17, 15) is 41.6 Å². The molecule has 306 valence electrons. The lowest BCUT2D eigenvalue weighted by atomic mass is 10.1. The van der Waals surface area contributed by atoms with Gasteiger partial charge in [0.1, 0.15) is 35.1 Å². The zero-order valence-electron chi connectivity index (χ0n) is 32.1. The fraction of sp³-hybridized carbons (Fsp3) is 0.568. The number of hydrogen-bond acceptors (Lipinski definition) is 11. The van der Waals surface area contributed by atoms with Crippen molar-refractivity contribution < 1.29 is 51.0 Å². The van der Waals surface area contributed by atoms with E-state index in [4.69, 9.17) is 9.47 Å². The number of carbonyl (C=O) groups excluding carboxylic acids is 6. The van der Waals surface area contributed by atoms with Crippen LogP contribution in [0.4, 0.5) is 14.0 Å². The molecule has 0 spiro atoms. The number of sulfonamides is 1. The molecule has 5 rings (SSSR count). The largest absolute Gasteiger partial charge is 0.444 e. The van der Waals surface area contributed by atoms with Crippen LogP contribution in [0, 0.1) is 11.7 Å². The Morgan fingerprint density at radius 1 is 1.12 bits per heavy atom. The van der Waals surface area contributed by atoms with Gasteiger partial charge in [0.15, 0.2) is 0 Å². The third-order valence-electron chi connectivity index (χ3n) is 9.76. The number of nitrogens with one attached hydrogen (secondary N) is 4. The van der Waals surface area contributed by atoms with Crippen molar-refractivity contribution in [2.24, 2.45) is 5.92 Å². The number of carbonyl (C=O) groups is 6. The van der Waals surface area contributed by atoms with Gasteiger partial charge in [0, 0.05) is 43.6 Å². The number of fused-ring (bicyclic) bond motifs is 1. The van der Waals surface area contributed by atoms with Gasteiger partial charge in [-0.1, -0.05) is 24.3 Å². The lowest BCUT2D eigenvalue weighted by molar-refractivity contribution is -0.141. The molecule has 5 atom stereocenters. The maximum absolute atomic E-state index is 14.5. The van der Waals surface area contributed by atoms with Crippen LogP contribution in [0.15, 0.2) is 43.0 Å². The molecule has 0 unspecified atom stereocenters. The molecule has 4 N–H and O–H groups in total. The Labute approximate surface area is 325 Å². The molecule has 6 amide bonds. The number of likely N-dealkylation sites (N-methyl/N-ethyl adjacent to an activating group) is 1. The van der Waals surface area contributed by atoms with Gasteiger partial charge in [-0.25, -0.2) is 22.4 Å². The maximum atomic E-state index is 14.5. The molecule has 3 fully saturated rings. The average Bonchev–Trinajstić information content (AvgIpc) is 3.99. The molecule has 1 saturated heterocycles. The first-order valence-corrected chi connectivity index (χ1v) is 19.9. The van der Waals surface area contributed by atoms with Crippen molar-refractivity contribution in [2.45, 2.75) is 94.1 Å². The summed E-state index contributed by atoms with van der Waals surface area (Å²) >= 11 is 0.